The van der Waals surface area contributed by atoms with Crippen LogP contribution >= 0.6 is 0 Å². The maximum Gasteiger partial charge on any atom is 0.194 e. The summed E-state index contributed by atoms with van der Waals surface area (Å²) in [6, 6.07) is 13.9. The molecule has 0 amide bonds. The van der Waals surface area contributed by atoms with E-state index in [-0.39, 0.29) is 23.9 Å². The fourth-order valence-corrected chi connectivity index (χ4v) is 3.65. The molecule has 0 spiro atoms. The number of likely N-dealkylation sites (N-methyl/N-ethyl adjacent to an activating group) is 1. The van der Waals surface area contributed by atoms with Gasteiger partial charge in [0.15, 0.2) is 17.7 Å². The lowest BCUT2D eigenvalue weighted by molar-refractivity contribution is -0.0579. The second-order valence-electron chi connectivity index (χ2n) is 6.31. The van der Waals surface area contributed by atoms with Crippen LogP contribution in [0, 0.1) is 0 Å². The third-order valence-corrected chi connectivity index (χ3v) is 5.09. The molecule has 0 saturated heterocycles. The lowest BCUT2D eigenvalue weighted by Crippen LogP contribution is -2.43. The Kier molecular flexibility index (Phi) is 3.46. The van der Waals surface area contributed by atoms with Crippen molar-refractivity contribution >= 4 is 5.71 Å². The van der Waals surface area contributed by atoms with E-state index >= 15 is 0 Å². The van der Waals surface area contributed by atoms with E-state index in [0.717, 1.165) is 22.4 Å². The summed E-state index contributed by atoms with van der Waals surface area (Å²) in [5.41, 5.74) is 4.10. The summed E-state index contributed by atoms with van der Waals surface area (Å²) in [4.78, 5) is 7.93. The number of benzene rings is 2. The van der Waals surface area contributed by atoms with Crippen molar-refractivity contribution < 1.29 is 14.7 Å². The molecule has 0 aromatic heterocycles. The molecule has 2 aliphatic heterocycles. The third kappa shape index (κ3) is 2.08. The first-order chi connectivity index (χ1) is 11.6. The number of phenolic OH excluding ortho intramolecular Hbond substituents is 1. The number of ether oxygens (including phenoxy) is 1. The van der Waals surface area contributed by atoms with Crippen molar-refractivity contribution in [1.29, 1.82) is 0 Å². The number of oxime groups is 1. The Morgan fingerprint density at radius 2 is 1.92 bits per heavy atom. The Hall–Kier alpha value is -2.53. The first kappa shape index (κ1) is 15.0. The van der Waals surface area contributed by atoms with E-state index in [1.165, 1.54) is 0 Å². The van der Waals surface area contributed by atoms with Crippen molar-refractivity contribution in [2.75, 3.05) is 14.2 Å². The smallest absolute Gasteiger partial charge is 0.194 e. The molecule has 24 heavy (non-hydrogen) atoms. The number of phenols is 1. The number of fused-ring (bicyclic) bond motifs is 3. The quantitative estimate of drug-likeness (QED) is 0.921. The number of hydrogen-bond donors (Lipinski definition) is 1. The minimum Gasteiger partial charge on any atom is -0.504 e. The summed E-state index contributed by atoms with van der Waals surface area (Å²) in [5.74, 6) is 0.594. The van der Waals surface area contributed by atoms with E-state index in [4.69, 9.17) is 9.57 Å². The molecular weight excluding hydrogens is 304 g/mol. The van der Waals surface area contributed by atoms with E-state index in [1.54, 1.807) is 13.2 Å². The highest BCUT2D eigenvalue weighted by molar-refractivity contribution is 6.06. The molecule has 4 rings (SSSR count). The minimum absolute atomic E-state index is 0.0413. The Bertz CT molecular complexity index is 804. The predicted octanol–water partition coefficient (Wildman–Crippen LogP) is 3.25. The number of aromatic hydroxyl groups is 1. The van der Waals surface area contributed by atoms with Crippen molar-refractivity contribution in [3.8, 4) is 11.5 Å². The summed E-state index contributed by atoms with van der Waals surface area (Å²) in [5, 5.41) is 14.6. The molecule has 0 aliphatic carbocycles. The Balaban J connectivity index is 1.87. The van der Waals surface area contributed by atoms with E-state index < -0.39 is 0 Å². The lowest BCUT2D eigenvalue weighted by atomic mass is 9.80. The van der Waals surface area contributed by atoms with Crippen LogP contribution in [0.2, 0.25) is 0 Å². The van der Waals surface area contributed by atoms with E-state index in [9.17, 15) is 5.11 Å². The fourth-order valence-electron chi connectivity index (χ4n) is 3.65. The maximum absolute atomic E-state index is 10.3. The van der Waals surface area contributed by atoms with Gasteiger partial charge in [-0.15, -0.1) is 0 Å². The van der Waals surface area contributed by atoms with Crippen molar-refractivity contribution in [2.24, 2.45) is 5.16 Å². The molecule has 124 valence electrons. The van der Waals surface area contributed by atoms with Crippen molar-refractivity contribution in [3.63, 3.8) is 0 Å². The van der Waals surface area contributed by atoms with Gasteiger partial charge in [0.2, 0.25) is 0 Å². The fraction of sp³-hybridized carbons (Fsp3) is 0.316. The second kappa shape index (κ2) is 5.53. The standard InChI is InChI=1S/C19H20N2O3/c1-11-13-10-16(23-3)15(22)9-14(13)17-18(12-7-5-4-6-8-12)20-24-19(17)21(11)2/h4-11,17,19,22H,1-3H3/t11-,17+,19-/m1/s1. The summed E-state index contributed by atoms with van der Waals surface area (Å²) in [6.45, 7) is 2.12. The van der Waals surface area contributed by atoms with Crippen LogP contribution in [0.15, 0.2) is 47.6 Å². The van der Waals surface area contributed by atoms with Crippen LogP contribution in [0.1, 0.15) is 35.6 Å². The first-order valence-electron chi connectivity index (χ1n) is 8.03. The van der Waals surface area contributed by atoms with Gasteiger partial charge < -0.3 is 14.7 Å². The van der Waals surface area contributed by atoms with Crippen LogP contribution in [0.25, 0.3) is 0 Å². The monoisotopic (exact) mass is 324 g/mol. The Labute approximate surface area is 141 Å². The van der Waals surface area contributed by atoms with Gasteiger partial charge in [-0.05, 0) is 37.2 Å². The summed E-state index contributed by atoms with van der Waals surface area (Å²) in [6.07, 6.45) is -0.171. The predicted molar refractivity (Wildman–Crippen MR) is 91.4 cm³/mol. The zero-order chi connectivity index (χ0) is 16.8. The maximum atomic E-state index is 10.3. The zero-order valence-electron chi connectivity index (χ0n) is 13.9. The highest BCUT2D eigenvalue weighted by atomic mass is 16.7. The molecule has 0 bridgehead atoms. The van der Waals surface area contributed by atoms with Crippen LogP contribution in [0.4, 0.5) is 0 Å². The van der Waals surface area contributed by atoms with Gasteiger partial charge in [-0.3, -0.25) is 4.90 Å². The van der Waals surface area contributed by atoms with Crippen LogP contribution in [0.3, 0.4) is 0 Å². The molecule has 0 fully saturated rings. The van der Waals surface area contributed by atoms with Crippen LogP contribution < -0.4 is 4.74 Å². The normalized spacial score (nSPS) is 25.5. The molecule has 1 N–H and O–H groups in total. The zero-order valence-corrected chi connectivity index (χ0v) is 13.9. The topological polar surface area (TPSA) is 54.3 Å². The van der Waals surface area contributed by atoms with E-state index in [0.29, 0.717) is 5.75 Å². The highest BCUT2D eigenvalue weighted by Gasteiger charge is 2.46. The lowest BCUT2D eigenvalue weighted by Gasteiger charge is -2.39. The molecule has 0 radical (unpaired) electrons. The van der Waals surface area contributed by atoms with E-state index in [1.807, 2.05) is 43.4 Å². The van der Waals surface area contributed by atoms with Gasteiger partial charge >= 0.3 is 0 Å². The largest absolute Gasteiger partial charge is 0.504 e. The average molecular weight is 324 g/mol. The Morgan fingerprint density at radius 1 is 1.17 bits per heavy atom. The van der Waals surface area contributed by atoms with Crippen LogP contribution in [-0.2, 0) is 4.84 Å². The molecule has 2 heterocycles. The van der Waals surface area contributed by atoms with Gasteiger partial charge in [-0.2, -0.15) is 0 Å². The van der Waals surface area contributed by atoms with Gasteiger partial charge in [0, 0.05) is 11.6 Å². The molecule has 2 aromatic carbocycles. The van der Waals surface area contributed by atoms with Gasteiger partial charge in [0.1, 0.15) is 0 Å². The number of hydrogen-bond acceptors (Lipinski definition) is 5. The number of nitrogens with zero attached hydrogens (tertiary/aromatic N) is 2. The highest BCUT2D eigenvalue weighted by Crippen LogP contribution is 2.47. The summed E-state index contributed by atoms with van der Waals surface area (Å²) in [7, 11) is 3.60. The third-order valence-electron chi connectivity index (χ3n) is 5.09. The molecule has 5 nitrogen and oxygen atoms in total. The molecule has 5 heteroatoms. The van der Waals surface area contributed by atoms with Crippen molar-refractivity contribution in [3.05, 3.63) is 59.2 Å². The molecule has 2 aromatic rings. The van der Waals surface area contributed by atoms with Gasteiger partial charge in [0.25, 0.3) is 0 Å². The van der Waals surface area contributed by atoms with Crippen LogP contribution in [-0.4, -0.2) is 36.1 Å². The molecule has 0 saturated carbocycles. The van der Waals surface area contributed by atoms with Gasteiger partial charge in [0.05, 0.1) is 18.7 Å². The van der Waals surface area contributed by atoms with Gasteiger partial charge in [-0.25, -0.2) is 0 Å². The minimum atomic E-state index is -0.171. The molecule has 0 unspecified atom stereocenters. The SMILES string of the molecule is COc1cc2c(cc1O)[C@H]1C(c3ccccc3)=NO[C@H]1N(C)[C@@H]2C. The summed E-state index contributed by atoms with van der Waals surface area (Å²) < 4.78 is 5.29. The Morgan fingerprint density at radius 3 is 2.62 bits per heavy atom. The molecule has 2 aliphatic rings. The average Bonchev–Trinajstić information content (AvgIpc) is 3.05. The van der Waals surface area contributed by atoms with Crippen LogP contribution in [0.5, 0.6) is 11.5 Å². The van der Waals surface area contributed by atoms with Crippen molar-refractivity contribution in [1.82, 2.24) is 4.90 Å². The van der Waals surface area contributed by atoms with E-state index in [2.05, 4.69) is 17.0 Å². The number of rotatable bonds is 2. The summed E-state index contributed by atoms with van der Waals surface area (Å²) >= 11 is 0. The first-order valence-corrected chi connectivity index (χ1v) is 8.03. The number of methoxy groups -OCH3 is 1. The van der Waals surface area contributed by atoms with Gasteiger partial charge in [-0.1, -0.05) is 35.5 Å². The molecular formula is C19H20N2O3. The second-order valence-corrected chi connectivity index (χ2v) is 6.31. The van der Waals surface area contributed by atoms with Crippen molar-refractivity contribution in [2.45, 2.75) is 25.1 Å². The molecule has 3 atom stereocenters.